The molecule has 0 saturated heterocycles. The van der Waals surface area contributed by atoms with E-state index in [0.717, 1.165) is 5.56 Å². The van der Waals surface area contributed by atoms with E-state index in [2.05, 4.69) is 15.4 Å². The number of para-hydroxylation sites is 2. The van der Waals surface area contributed by atoms with Gasteiger partial charge in [0.15, 0.2) is 17.1 Å². The van der Waals surface area contributed by atoms with Gasteiger partial charge in [-0.25, -0.2) is 9.67 Å². The zero-order chi connectivity index (χ0) is 23.7. The van der Waals surface area contributed by atoms with Crippen molar-refractivity contribution in [2.75, 3.05) is 6.54 Å². The number of rotatable bonds is 6. The fourth-order valence-corrected chi connectivity index (χ4v) is 4.11. The Balaban J connectivity index is 1.24. The lowest BCUT2D eigenvalue weighted by atomic mass is 10.1. The molecule has 174 valence electrons. The van der Waals surface area contributed by atoms with Crippen molar-refractivity contribution in [2.24, 2.45) is 0 Å². The van der Waals surface area contributed by atoms with Crippen LogP contribution in [0.4, 0.5) is 0 Å². The number of hydrogen-bond acceptors (Lipinski definition) is 6. The SMILES string of the molecule is CC1Oc2ccccc2OC1C(=O)NCCn1ncc2c(=O)n(Cc3cccc(Cl)c3)cnc21. The molecule has 34 heavy (non-hydrogen) atoms. The molecule has 9 nitrogen and oxygen atoms in total. The molecule has 5 rings (SSSR count). The van der Waals surface area contributed by atoms with Crippen LogP contribution in [0.5, 0.6) is 11.5 Å². The van der Waals surface area contributed by atoms with Crippen molar-refractivity contribution in [1.82, 2.24) is 24.6 Å². The number of nitrogens with one attached hydrogen (secondary N) is 1. The van der Waals surface area contributed by atoms with Crippen LogP contribution < -0.4 is 20.3 Å². The Morgan fingerprint density at radius 3 is 2.74 bits per heavy atom. The number of fused-ring (bicyclic) bond motifs is 2. The van der Waals surface area contributed by atoms with Crippen LogP contribution in [-0.4, -0.2) is 44.0 Å². The molecule has 3 heterocycles. The molecule has 1 amide bonds. The van der Waals surface area contributed by atoms with Crippen LogP contribution >= 0.6 is 11.6 Å². The van der Waals surface area contributed by atoms with Crippen LogP contribution in [-0.2, 0) is 17.9 Å². The van der Waals surface area contributed by atoms with Crippen molar-refractivity contribution >= 4 is 28.5 Å². The largest absolute Gasteiger partial charge is 0.482 e. The zero-order valence-electron chi connectivity index (χ0n) is 18.3. The van der Waals surface area contributed by atoms with E-state index in [0.29, 0.717) is 40.6 Å². The van der Waals surface area contributed by atoms with Gasteiger partial charge in [0, 0.05) is 11.6 Å². The van der Waals surface area contributed by atoms with Crippen molar-refractivity contribution in [2.45, 2.75) is 32.2 Å². The molecule has 2 aromatic carbocycles. The first-order chi connectivity index (χ1) is 16.5. The highest BCUT2D eigenvalue weighted by Crippen LogP contribution is 2.33. The molecule has 0 fully saturated rings. The summed E-state index contributed by atoms with van der Waals surface area (Å²) < 4.78 is 14.7. The standard InChI is InChI=1S/C24H22ClN5O4/c1-15-21(34-20-8-3-2-7-19(20)33-15)23(31)26-9-10-30-22-18(12-28-30)24(32)29(14-27-22)13-16-5-4-6-17(25)11-16/h2-8,11-12,14-15,21H,9-10,13H2,1H3,(H,26,31). The molecule has 0 bridgehead atoms. The van der Waals surface area contributed by atoms with E-state index in [-0.39, 0.29) is 18.0 Å². The lowest BCUT2D eigenvalue weighted by Crippen LogP contribution is -2.49. The third-order valence-electron chi connectivity index (χ3n) is 5.59. The predicted octanol–water partition coefficient (Wildman–Crippen LogP) is 2.64. The minimum atomic E-state index is -0.763. The number of benzene rings is 2. The molecule has 1 aliphatic rings. The minimum absolute atomic E-state index is 0.194. The Bertz CT molecular complexity index is 1420. The van der Waals surface area contributed by atoms with E-state index < -0.39 is 12.2 Å². The minimum Gasteiger partial charge on any atom is -0.482 e. The molecule has 0 aliphatic carbocycles. The Kier molecular flexibility index (Phi) is 5.93. The second-order valence-corrected chi connectivity index (χ2v) is 8.45. The summed E-state index contributed by atoms with van der Waals surface area (Å²) in [5.74, 6) is 0.876. The van der Waals surface area contributed by atoms with E-state index in [1.165, 1.54) is 17.1 Å². The van der Waals surface area contributed by atoms with Gasteiger partial charge in [0.1, 0.15) is 17.8 Å². The average Bonchev–Trinajstić information content (AvgIpc) is 3.24. The fourth-order valence-electron chi connectivity index (χ4n) is 3.90. The molecule has 0 saturated carbocycles. The number of aromatic nitrogens is 4. The van der Waals surface area contributed by atoms with Crippen LogP contribution in [0.2, 0.25) is 5.02 Å². The van der Waals surface area contributed by atoms with Gasteiger partial charge >= 0.3 is 0 Å². The van der Waals surface area contributed by atoms with E-state index >= 15 is 0 Å². The molecule has 10 heteroatoms. The Labute approximate surface area is 199 Å². The van der Waals surface area contributed by atoms with Crippen molar-refractivity contribution in [3.63, 3.8) is 0 Å². The van der Waals surface area contributed by atoms with Gasteiger partial charge < -0.3 is 14.8 Å². The van der Waals surface area contributed by atoms with Gasteiger partial charge in [-0.1, -0.05) is 35.9 Å². The predicted molar refractivity (Wildman–Crippen MR) is 126 cm³/mol. The first-order valence-electron chi connectivity index (χ1n) is 10.8. The number of ether oxygens (including phenoxy) is 2. The van der Waals surface area contributed by atoms with Crippen LogP contribution in [0.15, 0.2) is 65.8 Å². The summed E-state index contributed by atoms with van der Waals surface area (Å²) in [5.41, 5.74) is 1.17. The Morgan fingerprint density at radius 2 is 1.94 bits per heavy atom. The normalized spacial score (nSPS) is 17.0. The summed E-state index contributed by atoms with van der Waals surface area (Å²) in [4.78, 5) is 30.0. The lowest BCUT2D eigenvalue weighted by Gasteiger charge is -2.31. The molecule has 2 atom stereocenters. The van der Waals surface area contributed by atoms with E-state index in [4.69, 9.17) is 21.1 Å². The van der Waals surface area contributed by atoms with Crippen LogP contribution in [0.3, 0.4) is 0 Å². The molecule has 4 aromatic rings. The van der Waals surface area contributed by atoms with Gasteiger partial charge in [-0.05, 0) is 36.8 Å². The number of hydrogen-bond donors (Lipinski definition) is 1. The third-order valence-corrected chi connectivity index (χ3v) is 5.82. The number of carbonyl (C=O) groups excluding carboxylic acids is 1. The summed E-state index contributed by atoms with van der Waals surface area (Å²) >= 11 is 6.04. The quantitative estimate of drug-likeness (QED) is 0.456. The smallest absolute Gasteiger partial charge is 0.265 e. The first kappa shape index (κ1) is 22.0. The molecular formula is C24H22ClN5O4. The van der Waals surface area contributed by atoms with Crippen LogP contribution in [0.25, 0.3) is 11.0 Å². The summed E-state index contributed by atoms with van der Waals surface area (Å²) in [5, 5.41) is 8.15. The number of amides is 1. The number of nitrogens with zero attached hydrogens (tertiary/aromatic N) is 4. The zero-order valence-corrected chi connectivity index (χ0v) is 19.1. The van der Waals surface area contributed by atoms with Crippen molar-refractivity contribution in [3.05, 3.63) is 82.0 Å². The summed E-state index contributed by atoms with van der Waals surface area (Å²) in [6.07, 6.45) is 1.80. The highest BCUT2D eigenvalue weighted by molar-refractivity contribution is 6.30. The third kappa shape index (κ3) is 4.34. The fraction of sp³-hybridized carbons (Fsp3) is 0.250. The maximum atomic E-state index is 12.9. The van der Waals surface area contributed by atoms with Gasteiger partial charge in [0.2, 0.25) is 6.10 Å². The highest BCUT2D eigenvalue weighted by atomic mass is 35.5. The van der Waals surface area contributed by atoms with Gasteiger partial charge in [0.05, 0.1) is 19.3 Å². The van der Waals surface area contributed by atoms with Gasteiger partial charge in [0.25, 0.3) is 11.5 Å². The summed E-state index contributed by atoms with van der Waals surface area (Å²) in [6, 6.07) is 14.6. The molecule has 0 radical (unpaired) electrons. The Hall–Kier alpha value is -3.85. The summed E-state index contributed by atoms with van der Waals surface area (Å²) in [6.45, 7) is 2.78. The highest BCUT2D eigenvalue weighted by Gasteiger charge is 2.33. The van der Waals surface area contributed by atoms with Crippen LogP contribution in [0, 0.1) is 0 Å². The lowest BCUT2D eigenvalue weighted by molar-refractivity contribution is -0.133. The van der Waals surface area contributed by atoms with Crippen molar-refractivity contribution in [1.29, 1.82) is 0 Å². The number of carbonyl (C=O) groups is 1. The second-order valence-electron chi connectivity index (χ2n) is 8.01. The average molecular weight is 480 g/mol. The van der Waals surface area contributed by atoms with Gasteiger partial charge in [-0.3, -0.25) is 14.2 Å². The van der Waals surface area contributed by atoms with E-state index in [9.17, 15) is 9.59 Å². The topological polar surface area (TPSA) is 100 Å². The Morgan fingerprint density at radius 1 is 1.15 bits per heavy atom. The monoisotopic (exact) mass is 479 g/mol. The molecule has 1 aliphatic heterocycles. The second kappa shape index (κ2) is 9.18. The summed E-state index contributed by atoms with van der Waals surface area (Å²) in [7, 11) is 0. The van der Waals surface area contributed by atoms with Gasteiger partial charge in [-0.15, -0.1) is 0 Å². The maximum Gasteiger partial charge on any atom is 0.265 e. The molecular weight excluding hydrogens is 458 g/mol. The van der Waals surface area contributed by atoms with E-state index in [1.54, 1.807) is 29.8 Å². The maximum absolute atomic E-state index is 12.9. The first-order valence-corrected chi connectivity index (χ1v) is 11.2. The molecule has 1 N–H and O–H groups in total. The van der Waals surface area contributed by atoms with Crippen molar-refractivity contribution < 1.29 is 14.3 Å². The van der Waals surface area contributed by atoms with E-state index in [1.807, 2.05) is 30.3 Å². The van der Waals surface area contributed by atoms with Gasteiger partial charge in [-0.2, -0.15) is 5.10 Å². The van der Waals surface area contributed by atoms with Crippen molar-refractivity contribution in [3.8, 4) is 11.5 Å². The number of halogens is 1. The van der Waals surface area contributed by atoms with Crippen LogP contribution in [0.1, 0.15) is 12.5 Å². The molecule has 0 spiro atoms. The molecule has 2 unspecified atom stereocenters. The molecule has 2 aromatic heterocycles.